The predicted octanol–water partition coefficient (Wildman–Crippen LogP) is 1.38. The number of benzene rings is 1. The van der Waals surface area contributed by atoms with Crippen molar-refractivity contribution in [3.63, 3.8) is 0 Å². The first-order valence-electron chi connectivity index (χ1n) is 6.92. The fraction of sp³-hybridized carbons (Fsp3) is 0.429. The summed E-state index contributed by atoms with van der Waals surface area (Å²) in [6.07, 6.45) is 2.23. The van der Waals surface area contributed by atoms with Gasteiger partial charge in [0, 0.05) is 25.6 Å². The molecule has 1 aromatic carbocycles. The normalized spacial score (nSPS) is 23.5. The second-order valence-electron chi connectivity index (χ2n) is 5.39. The summed E-state index contributed by atoms with van der Waals surface area (Å²) in [6.45, 7) is 2.47. The molecule has 0 amide bonds. The summed E-state index contributed by atoms with van der Waals surface area (Å²) >= 11 is 0. The van der Waals surface area contributed by atoms with E-state index >= 15 is 0 Å². The van der Waals surface area contributed by atoms with Crippen molar-refractivity contribution in [3.05, 3.63) is 42.2 Å². The summed E-state index contributed by atoms with van der Waals surface area (Å²) < 4.78 is 28.4. The van der Waals surface area contributed by atoms with Gasteiger partial charge in [-0.15, -0.1) is 10.2 Å². The zero-order chi connectivity index (χ0) is 15.0. The van der Waals surface area contributed by atoms with E-state index in [9.17, 15) is 8.42 Å². The number of hydrogen-bond donors (Lipinski definition) is 0. The molecule has 7 heteroatoms. The molecule has 0 aliphatic carbocycles. The van der Waals surface area contributed by atoms with Crippen LogP contribution in [0.1, 0.15) is 24.8 Å². The van der Waals surface area contributed by atoms with E-state index in [1.54, 1.807) is 7.05 Å². The van der Waals surface area contributed by atoms with Crippen molar-refractivity contribution in [2.45, 2.75) is 30.5 Å². The molecule has 1 saturated heterocycles. The van der Waals surface area contributed by atoms with Crippen LogP contribution in [0.25, 0.3) is 0 Å². The van der Waals surface area contributed by atoms with Gasteiger partial charge < -0.3 is 4.57 Å². The summed E-state index contributed by atoms with van der Waals surface area (Å²) in [4.78, 5) is 0. The predicted molar refractivity (Wildman–Crippen MR) is 78.2 cm³/mol. The van der Waals surface area contributed by atoms with Gasteiger partial charge in [0.25, 0.3) is 15.2 Å². The quantitative estimate of drug-likeness (QED) is 0.859. The van der Waals surface area contributed by atoms with Crippen molar-refractivity contribution < 1.29 is 8.42 Å². The smallest absolute Gasteiger partial charge is 0.279 e. The van der Waals surface area contributed by atoms with Crippen LogP contribution in [0.2, 0.25) is 0 Å². The highest BCUT2D eigenvalue weighted by Crippen LogP contribution is 2.36. The van der Waals surface area contributed by atoms with Crippen molar-refractivity contribution in [1.29, 1.82) is 0 Å². The molecule has 0 saturated carbocycles. The molecule has 0 spiro atoms. The minimum absolute atomic E-state index is 0.00283. The number of aromatic nitrogens is 3. The maximum absolute atomic E-state index is 12.7. The highest BCUT2D eigenvalue weighted by atomic mass is 32.2. The molecule has 6 nitrogen and oxygen atoms in total. The van der Waals surface area contributed by atoms with Gasteiger partial charge in [-0.3, -0.25) is 0 Å². The number of rotatable bonds is 3. The fourth-order valence-corrected chi connectivity index (χ4v) is 4.71. The Labute approximate surface area is 124 Å². The maximum Gasteiger partial charge on any atom is 0.279 e. The fourth-order valence-electron chi connectivity index (χ4n) is 3.01. The summed E-state index contributed by atoms with van der Waals surface area (Å²) in [7, 11) is -1.95. The zero-order valence-corrected chi connectivity index (χ0v) is 12.9. The van der Waals surface area contributed by atoms with Gasteiger partial charge in [-0.2, -0.15) is 4.31 Å². The molecule has 0 N–H and O–H groups in total. The van der Waals surface area contributed by atoms with Crippen LogP contribution in [0.4, 0.5) is 0 Å². The highest BCUT2D eigenvalue weighted by molar-refractivity contribution is 7.89. The van der Waals surface area contributed by atoms with Gasteiger partial charge in [-0.1, -0.05) is 30.3 Å². The molecule has 112 valence electrons. The first kappa shape index (κ1) is 14.2. The van der Waals surface area contributed by atoms with E-state index in [0.717, 1.165) is 6.42 Å². The monoisotopic (exact) mass is 306 g/mol. The lowest BCUT2D eigenvalue weighted by molar-refractivity contribution is 0.387. The Hall–Kier alpha value is -1.73. The Bertz CT molecular complexity index is 726. The lowest BCUT2D eigenvalue weighted by Gasteiger charge is -2.23. The Morgan fingerprint density at radius 1 is 1.24 bits per heavy atom. The third-order valence-electron chi connectivity index (χ3n) is 4.13. The minimum atomic E-state index is -3.59. The van der Waals surface area contributed by atoms with E-state index < -0.39 is 10.0 Å². The van der Waals surface area contributed by atoms with E-state index in [2.05, 4.69) is 22.3 Å². The van der Waals surface area contributed by atoms with Gasteiger partial charge >= 0.3 is 0 Å². The topological polar surface area (TPSA) is 68.1 Å². The van der Waals surface area contributed by atoms with Crippen molar-refractivity contribution in [2.24, 2.45) is 7.05 Å². The van der Waals surface area contributed by atoms with Crippen LogP contribution in [-0.4, -0.2) is 40.1 Å². The Kier molecular flexibility index (Phi) is 3.54. The minimum Gasteiger partial charge on any atom is -0.306 e. The van der Waals surface area contributed by atoms with Crippen LogP contribution in [0.5, 0.6) is 0 Å². The van der Waals surface area contributed by atoms with Gasteiger partial charge in [0.15, 0.2) is 0 Å². The number of aryl methyl sites for hydroxylation is 1. The van der Waals surface area contributed by atoms with Gasteiger partial charge in [-0.05, 0) is 18.9 Å². The standard InChI is InChI=1S/C14H18N4O2S/c1-11-13(12-6-4-3-5-7-12)8-9-18(11)21(19,20)14-16-15-10-17(14)2/h3-7,10-11,13H,8-9H2,1-2H3. The lowest BCUT2D eigenvalue weighted by atomic mass is 9.93. The van der Waals surface area contributed by atoms with Crippen molar-refractivity contribution in [2.75, 3.05) is 6.54 Å². The van der Waals surface area contributed by atoms with Gasteiger partial charge in [0.1, 0.15) is 6.33 Å². The van der Waals surface area contributed by atoms with E-state index in [1.807, 2.05) is 25.1 Å². The van der Waals surface area contributed by atoms with Crippen LogP contribution < -0.4 is 0 Å². The van der Waals surface area contributed by atoms with Crippen molar-refractivity contribution in [3.8, 4) is 0 Å². The first-order valence-corrected chi connectivity index (χ1v) is 8.36. The zero-order valence-electron chi connectivity index (χ0n) is 12.0. The van der Waals surface area contributed by atoms with Crippen LogP contribution in [0.15, 0.2) is 41.8 Å². The highest BCUT2D eigenvalue weighted by Gasteiger charge is 2.41. The van der Waals surface area contributed by atoms with E-state index in [1.165, 1.54) is 20.8 Å². The molecule has 2 aromatic rings. The third kappa shape index (κ3) is 2.36. The third-order valence-corrected chi connectivity index (χ3v) is 6.10. The molecule has 2 atom stereocenters. The van der Waals surface area contributed by atoms with Crippen molar-refractivity contribution in [1.82, 2.24) is 19.1 Å². The summed E-state index contributed by atoms with van der Waals surface area (Å²) in [5.41, 5.74) is 1.18. The molecule has 2 heterocycles. The Morgan fingerprint density at radius 3 is 2.57 bits per heavy atom. The molecular weight excluding hydrogens is 288 g/mol. The average Bonchev–Trinajstić information content (AvgIpc) is 3.06. The summed E-state index contributed by atoms with van der Waals surface area (Å²) in [5.74, 6) is 0.217. The molecule has 1 fully saturated rings. The molecule has 2 unspecified atom stereocenters. The maximum atomic E-state index is 12.7. The first-order chi connectivity index (χ1) is 10.0. The molecular formula is C14H18N4O2S. The molecule has 1 aromatic heterocycles. The molecule has 3 rings (SSSR count). The SMILES string of the molecule is CC1C(c2ccccc2)CCN1S(=O)(=O)c1nncn1C. The molecule has 0 radical (unpaired) electrons. The van der Waals surface area contributed by atoms with E-state index in [-0.39, 0.29) is 17.1 Å². The van der Waals surface area contributed by atoms with Crippen molar-refractivity contribution >= 4 is 10.0 Å². The molecule has 1 aliphatic rings. The van der Waals surface area contributed by atoms with Crippen LogP contribution in [0, 0.1) is 0 Å². The van der Waals surface area contributed by atoms with Crippen LogP contribution in [0.3, 0.4) is 0 Å². The van der Waals surface area contributed by atoms with Crippen LogP contribution in [-0.2, 0) is 17.1 Å². The van der Waals surface area contributed by atoms with E-state index in [0.29, 0.717) is 6.54 Å². The van der Waals surface area contributed by atoms with Gasteiger partial charge in [-0.25, -0.2) is 8.42 Å². The molecule has 0 bridgehead atoms. The number of hydrogen-bond acceptors (Lipinski definition) is 4. The average molecular weight is 306 g/mol. The largest absolute Gasteiger partial charge is 0.306 e. The Balaban J connectivity index is 1.91. The Morgan fingerprint density at radius 2 is 1.95 bits per heavy atom. The van der Waals surface area contributed by atoms with Gasteiger partial charge in [0.2, 0.25) is 0 Å². The lowest BCUT2D eigenvalue weighted by Crippen LogP contribution is -2.36. The second kappa shape index (κ2) is 5.23. The summed E-state index contributed by atoms with van der Waals surface area (Å²) in [6, 6.07) is 9.97. The molecule has 21 heavy (non-hydrogen) atoms. The second-order valence-corrected chi connectivity index (χ2v) is 7.17. The van der Waals surface area contributed by atoms with Crippen LogP contribution >= 0.6 is 0 Å². The molecule has 1 aliphatic heterocycles. The van der Waals surface area contributed by atoms with E-state index in [4.69, 9.17) is 0 Å². The van der Waals surface area contributed by atoms with Gasteiger partial charge in [0.05, 0.1) is 0 Å². The summed E-state index contributed by atoms with van der Waals surface area (Å²) in [5, 5.41) is 7.42. The number of sulfonamides is 1. The number of nitrogens with zero attached hydrogens (tertiary/aromatic N) is 4.